The number of carbonyl (C=O) groups is 1. The number of nitrogens with zero attached hydrogens (tertiary/aromatic N) is 1. The van der Waals surface area contributed by atoms with Gasteiger partial charge in [0.25, 0.3) is 0 Å². The Labute approximate surface area is 183 Å². The van der Waals surface area contributed by atoms with Gasteiger partial charge in [-0.05, 0) is 35.8 Å². The van der Waals surface area contributed by atoms with Crippen molar-refractivity contribution in [3.05, 3.63) is 76.3 Å². The largest absolute Gasteiger partial charge is 0.493 e. The molecular weight excluding hydrogens is 442 g/mol. The minimum absolute atomic E-state index is 0.135. The summed E-state index contributed by atoms with van der Waals surface area (Å²) in [6.07, 6.45) is 9.71. The van der Waals surface area contributed by atoms with E-state index < -0.39 is 0 Å². The summed E-state index contributed by atoms with van der Waals surface area (Å²) >= 11 is 3.51. The van der Waals surface area contributed by atoms with Crippen LogP contribution in [0.1, 0.15) is 24.3 Å². The van der Waals surface area contributed by atoms with E-state index >= 15 is 0 Å². The van der Waals surface area contributed by atoms with Gasteiger partial charge < -0.3 is 14.1 Å². The van der Waals surface area contributed by atoms with Crippen molar-refractivity contribution in [3.8, 4) is 5.75 Å². The van der Waals surface area contributed by atoms with Gasteiger partial charge in [0.15, 0.2) is 11.3 Å². The van der Waals surface area contributed by atoms with Crippen molar-refractivity contribution in [2.75, 3.05) is 20.2 Å². The first kappa shape index (κ1) is 19.2. The van der Waals surface area contributed by atoms with Crippen LogP contribution in [0.2, 0.25) is 0 Å². The van der Waals surface area contributed by atoms with Gasteiger partial charge in [-0.3, -0.25) is 4.79 Å². The molecule has 1 aliphatic heterocycles. The van der Waals surface area contributed by atoms with Crippen molar-refractivity contribution in [1.29, 1.82) is 0 Å². The van der Waals surface area contributed by atoms with E-state index in [0.717, 1.165) is 44.2 Å². The van der Waals surface area contributed by atoms with Crippen LogP contribution in [0.4, 0.5) is 0 Å². The highest BCUT2D eigenvalue weighted by Crippen LogP contribution is 2.42. The third kappa shape index (κ3) is 3.37. The highest BCUT2D eigenvalue weighted by Gasteiger charge is 2.33. The van der Waals surface area contributed by atoms with Crippen LogP contribution in [0.25, 0.3) is 21.9 Å². The van der Waals surface area contributed by atoms with E-state index in [-0.39, 0.29) is 11.8 Å². The van der Waals surface area contributed by atoms with E-state index in [2.05, 4.69) is 46.3 Å². The molecule has 0 N–H and O–H groups in total. The van der Waals surface area contributed by atoms with Crippen molar-refractivity contribution in [2.45, 2.75) is 18.8 Å². The number of halogens is 1. The summed E-state index contributed by atoms with van der Waals surface area (Å²) in [4.78, 5) is 14.8. The smallest absolute Gasteiger partial charge is 0.223 e. The summed E-state index contributed by atoms with van der Waals surface area (Å²) in [6, 6.07) is 12.1. The number of benzene rings is 2. The number of furan rings is 1. The number of fused-ring (bicyclic) bond motifs is 3. The third-order valence-electron chi connectivity index (χ3n) is 5.93. The molecule has 2 heterocycles. The number of allylic oxidation sites excluding steroid dienone is 5. The number of para-hydroxylation sites is 1. The van der Waals surface area contributed by atoms with Crippen molar-refractivity contribution in [3.63, 3.8) is 0 Å². The number of likely N-dealkylation sites (tertiary alicyclic amines) is 1. The molecule has 1 saturated heterocycles. The molecule has 2 aromatic carbocycles. The fraction of sp³-hybridized carbons (Fsp3) is 0.240. The average molecular weight is 464 g/mol. The Kier molecular flexibility index (Phi) is 4.99. The molecule has 30 heavy (non-hydrogen) atoms. The van der Waals surface area contributed by atoms with Crippen LogP contribution >= 0.6 is 15.9 Å². The van der Waals surface area contributed by atoms with Gasteiger partial charge >= 0.3 is 0 Å². The maximum absolute atomic E-state index is 12.9. The molecule has 1 aromatic heterocycles. The van der Waals surface area contributed by atoms with Gasteiger partial charge in [-0.1, -0.05) is 58.4 Å². The third-order valence-corrected chi connectivity index (χ3v) is 6.45. The maximum atomic E-state index is 12.9. The molecule has 3 aromatic rings. The lowest BCUT2D eigenvalue weighted by Crippen LogP contribution is -2.27. The predicted molar refractivity (Wildman–Crippen MR) is 123 cm³/mol. The van der Waals surface area contributed by atoms with Crippen LogP contribution < -0.4 is 4.74 Å². The number of methoxy groups -OCH3 is 1. The lowest BCUT2D eigenvalue weighted by Gasteiger charge is -2.18. The topological polar surface area (TPSA) is 42.7 Å². The molecule has 0 spiro atoms. The van der Waals surface area contributed by atoms with Crippen LogP contribution in [0.5, 0.6) is 5.75 Å². The zero-order chi connectivity index (χ0) is 20.7. The predicted octanol–water partition coefficient (Wildman–Crippen LogP) is 6.08. The molecule has 1 amide bonds. The monoisotopic (exact) mass is 463 g/mol. The molecule has 0 radical (unpaired) electrons. The van der Waals surface area contributed by atoms with E-state index in [0.29, 0.717) is 19.5 Å². The molecule has 1 unspecified atom stereocenters. The zero-order valence-electron chi connectivity index (χ0n) is 16.7. The quantitative estimate of drug-likeness (QED) is 0.470. The van der Waals surface area contributed by atoms with Gasteiger partial charge in [-0.15, -0.1) is 0 Å². The number of ether oxygens (including phenoxy) is 1. The van der Waals surface area contributed by atoms with E-state index in [1.54, 1.807) is 7.11 Å². The minimum Gasteiger partial charge on any atom is -0.493 e. The van der Waals surface area contributed by atoms with Crippen molar-refractivity contribution >= 4 is 43.8 Å². The number of hydrogen-bond donors (Lipinski definition) is 0. The minimum atomic E-state index is 0.135. The fourth-order valence-electron chi connectivity index (χ4n) is 4.47. The standard InChI is InChI=1S/C25H22BrNO3/c1-29-22-12-11-19(24-20-7-2-3-8-21(20)30-25(22)24)17-13-23(28)27(15-17)14-16-5-4-6-18(26)10-9-16/h2-4,6-12,17H,5,13-15H2,1H3. The molecule has 0 saturated carbocycles. The summed E-state index contributed by atoms with van der Waals surface area (Å²) in [6.45, 7) is 1.38. The van der Waals surface area contributed by atoms with Crippen LogP contribution in [-0.2, 0) is 4.79 Å². The SMILES string of the molecule is COc1ccc(C2CC(=O)N(CC3=CC=C(Br)C=CC3)C2)c2c1oc1ccccc12. The summed E-state index contributed by atoms with van der Waals surface area (Å²) in [5, 5.41) is 2.13. The summed E-state index contributed by atoms with van der Waals surface area (Å²) in [7, 11) is 1.66. The fourth-order valence-corrected chi connectivity index (χ4v) is 4.79. The Morgan fingerprint density at radius 3 is 2.93 bits per heavy atom. The lowest BCUT2D eigenvalue weighted by molar-refractivity contribution is -0.127. The number of rotatable bonds is 4. The first-order valence-electron chi connectivity index (χ1n) is 10.1. The summed E-state index contributed by atoms with van der Waals surface area (Å²) < 4.78 is 12.7. The molecule has 5 rings (SSSR count). The van der Waals surface area contributed by atoms with E-state index in [1.807, 2.05) is 35.2 Å². The van der Waals surface area contributed by atoms with Crippen LogP contribution in [0.15, 0.2) is 75.2 Å². The van der Waals surface area contributed by atoms with Crippen LogP contribution in [-0.4, -0.2) is 31.0 Å². The Balaban J connectivity index is 1.49. The first-order chi connectivity index (χ1) is 14.6. The van der Waals surface area contributed by atoms with Gasteiger partial charge in [0.1, 0.15) is 5.58 Å². The van der Waals surface area contributed by atoms with Crippen molar-refractivity contribution in [2.24, 2.45) is 0 Å². The van der Waals surface area contributed by atoms with E-state index in [4.69, 9.17) is 9.15 Å². The number of carbonyl (C=O) groups excluding carboxylic acids is 1. The lowest BCUT2D eigenvalue weighted by atomic mass is 9.93. The Hall–Kier alpha value is -2.79. The maximum Gasteiger partial charge on any atom is 0.223 e. The second kappa shape index (κ2) is 7.80. The van der Waals surface area contributed by atoms with Crippen LogP contribution in [0.3, 0.4) is 0 Å². The Morgan fingerprint density at radius 2 is 2.07 bits per heavy atom. The molecule has 5 heteroatoms. The Morgan fingerprint density at radius 1 is 1.20 bits per heavy atom. The second-order valence-electron chi connectivity index (χ2n) is 7.82. The summed E-state index contributed by atoms with van der Waals surface area (Å²) in [5.74, 6) is 1.06. The van der Waals surface area contributed by atoms with Gasteiger partial charge in [0.05, 0.1) is 7.11 Å². The number of hydrogen-bond acceptors (Lipinski definition) is 3. The summed E-state index contributed by atoms with van der Waals surface area (Å²) in [5.41, 5.74) is 3.99. The normalized spacial score (nSPS) is 19.3. The zero-order valence-corrected chi connectivity index (χ0v) is 18.3. The highest BCUT2D eigenvalue weighted by molar-refractivity contribution is 9.11. The van der Waals surface area contributed by atoms with Crippen molar-refractivity contribution in [1.82, 2.24) is 4.90 Å². The van der Waals surface area contributed by atoms with Crippen molar-refractivity contribution < 1.29 is 13.9 Å². The molecular formula is C25H22BrNO3. The molecule has 2 aliphatic rings. The van der Waals surface area contributed by atoms with E-state index in [9.17, 15) is 4.79 Å². The molecule has 1 aliphatic carbocycles. The molecule has 4 nitrogen and oxygen atoms in total. The highest BCUT2D eigenvalue weighted by atomic mass is 79.9. The average Bonchev–Trinajstić information content (AvgIpc) is 3.24. The van der Waals surface area contributed by atoms with Gasteiger partial charge in [0, 0.05) is 40.7 Å². The Bertz CT molecular complexity index is 1230. The van der Waals surface area contributed by atoms with Gasteiger partial charge in [-0.2, -0.15) is 0 Å². The van der Waals surface area contributed by atoms with E-state index in [1.165, 1.54) is 5.57 Å². The number of amides is 1. The van der Waals surface area contributed by atoms with Crippen LogP contribution in [0, 0.1) is 0 Å². The first-order valence-corrected chi connectivity index (χ1v) is 10.9. The second-order valence-corrected chi connectivity index (χ2v) is 8.73. The molecule has 0 bridgehead atoms. The van der Waals surface area contributed by atoms with Gasteiger partial charge in [-0.25, -0.2) is 0 Å². The molecule has 1 atom stereocenters. The molecule has 152 valence electrons. The van der Waals surface area contributed by atoms with Gasteiger partial charge in [0.2, 0.25) is 5.91 Å². The molecule has 1 fully saturated rings.